The molecule has 0 aromatic rings. The van der Waals surface area contributed by atoms with E-state index < -0.39 is 0 Å². The lowest BCUT2D eigenvalue weighted by atomic mass is 10.00. The van der Waals surface area contributed by atoms with Gasteiger partial charge in [0, 0.05) is 6.21 Å². The first-order chi connectivity index (χ1) is 8.67. The van der Waals surface area contributed by atoms with Crippen molar-refractivity contribution in [2.24, 2.45) is 0 Å². The molecule has 0 aromatic heterocycles. The van der Waals surface area contributed by atoms with Crippen molar-refractivity contribution >= 4 is 6.21 Å². The zero-order chi connectivity index (χ0) is 15.6. The Morgan fingerprint density at radius 3 is 1.56 bits per heavy atom. The van der Waals surface area contributed by atoms with Crippen molar-refractivity contribution in [2.75, 3.05) is 0 Å². The molecule has 0 saturated heterocycles. The van der Waals surface area contributed by atoms with Crippen LogP contribution < -0.4 is 0 Å². The van der Waals surface area contributed by atoms with Gasteiger partial charge in [0.15, 0.2) is 0 Å². The van der Waals surface area contributed by atoms with E-state index in [1.54, 1.807) is 12.2 Å². The van der Waals surface area contributed by atoms with Crippen LogP contribution >= 0.6 is 0 Å². The minimum Gasteiger partial charge on any atom is -0.309 e. The number of nitrogens with one attached hydrogen (secondary N) is 1. The molecule has 0 spiro atoms. The second-order valence-corrected chi connectivity index (χ2v) is 2.48. The molecule has 1 nitrogen and oxygen atoms in total. The van der Waals surface area contributed by atoms with Crippen LogP contribution in [0.15, 0.2) is 48.1 Å². The molecular weight excluding hydrogens is 218 g/mol. The van der Waals surface area contributed by atoms with Gasteiger partial charge in [-0.15, -0.1) is 0 Å². The van der Waals surface area contributed by atoms with Gasteiger partial charge in [0.25, 0.3) is 0 Å². The predicted molar refractivity (Wildman–Crippen MR) is 89.7 cm³/mol. The summed E-state index contributed by atoms with van der Waals surface area (Å²) in [5, 5.41) is 6.97. The molecule has 0 fully saturated rings. The van der Waals surface area contributed by atoms with Crippen LogP contribution in [-0.2, 0) is 0 Å². The molecule has 0 radical (unpaired) electrons. The van der Waals surface area contributed by atoms with Gasteiger partial charge >= 0.3 is 0 Å². The first-order valence-electron chi connectivity index (χ1n) is 6.83. The molecule has 0 aliphatic rings. The molecule has 0 amide bonds. The van der Waals surface area contributed by atoms with E-state index in [1.165, 1.54) is 6.21 Å². The highest BCUT2D eigenvalue weighted by Crippen LogP contribution is 2.17. The maximum absolute atomic E-state index is 6.97. The van der Waals surface area contributed by atoms with Crippen LogP contribution in [0.5, 0.6) is 0 Å². The third kappa shape index (κ3) is 14.6. The van der Waals surface area contributed by atoms with Gasteiger partial charge in [-0.25, -0.2) is 0 Å². The fraction of sp³-hybridized carbons (Fsp3) is 0.471. The number of rotatable bonds is 4. The molecule has 0 aliphatic carbocycles. The highest BCUT2D eigenvalue weighted by Gasteiger charge is 1.99. The van der Waals surface area contributed by atoms with E-state index in [4.69, 9.17) is 5.41 Å². The van der Waals surface area contributed by atoms with E-state index in [1.807, 2.05) is 61.5 Å². The summed E-state index contributed by atoms with van der Waals surface area (Å²) in [5.41, 5.74) is 2.94. The molecule has 0 aromatic carbocycles. The van der Waals surface area contributed by atoms with E-state index in [9.17, 15) is 0 Å². The van der Waals surface area contributed by atoms with E-state index in [2.05, 4.69) is 13.2 Å². The lowest BCUT2D eigenvalue weighted by Crippen LogP contribution is -1.88. The molecule has 0 bridgehead atoms. The summed E-state index contributed by atoms with van der Waals surface area (Å²) < 4.78 is 0. The lowest BCUT2D eigenvalue weighted by Gasteiger charge is -2.05. The van der Waals surface area contributed by atoms with E-state index >= 15 is 0 Å². The Balaban J connectivity index is -0.000000141. The van der Waals surface area contributed by atoms with E-state index in [0.717, 1.165) is 16.7 Å². The Kier molecular flexibility index (Phi) is 35.0. The van der Waals surface area contributed by atoms with Crippen molar-refractivity contribution in [3.05, 3.63) is 48.1 Å². The van der Waals surface area contributed by atoms with Gasteiger partial charge in [-0.3, -0.25) is 0 Å². The summed E-state index contributed by atoms with van der Waals surface area (Å²) in [6, 6.07) is 0. The van der Waals surface area contributed by atoms with Gasteiger partial charge < -0.3 is 5.41 Å². The van der Waals surface area contributed by atoms with Crippen LogP contribution in [0.25, 0.3) is 0 Å². The lowest BCUT2D eigenvalue weighted by molar-refractivity contribution is 1.38. The summed E-state index contributed by atoms with van der Waals surface area (Å²) in [4.78, 5) is 0. The van der Waals surface area contributed by atoms with Gasteiger partial charge in [-0.05, 0) is 31.1 Å². The zero-order valence-electron chi connectivity index (χ0n) is 13.7. The topological polar surface area (TPSA) is 23.9 Å². The van der Waals surface area contributed by atoms with Crippen LogP contribution in [-0.4, -0.2) is 6.21 Å². The fourth-order valence-corrected chi connectivity index (χ4v) is 0.952. The normalized spacial score (nSPS) is 9.33. The quantitative estimate of drug-likeness (QED) is 0.444. The summed E-state index contributed by atoms with van der Waals surface area (Å²) in [6.07, 6.45) is 6.71. The first kappa shape index (κ1) is 25.5. The highest BCUT2D eigenvalue weighted by atomic mass is 14.3. The molecule has 106 valence electrons. The molecule has 18 heavy (non-hydrogen) atoms. The largest absolute Gasteiger partial charge is 0.309 e. The minimum absolute atomic E-state index is 0.950. The van der Waals surface area contributed by atoms with Crippen molar-refractivity contribution < 1.29 is 0 Å². The van der Waals surface area contributed by atoms with Crippen molar-refractivity contribution in [2.45, 2.75) is 55.4 Å². The number of hydrogen-bond donors (Lipinski definition) is 1. The zero-order valence-corrected chi connectivity index (χ0v) is 13.7. The Hall–Kier alpha value is -1.37. The average Bonchev–Trinajstić information content (AvgIpc) is 2.45. The molecule has 1 N–H and O–H groups in total. The van der Waals surface area contributed by atoms with Gasteiger partial charge in [-0.2, -0.15) is 0 Å². The van der Waals surface area contributed by atoms with Crippen molar-refractivity contribution in [3.8, 4) is 0 Å². The number of hydrogen-bond acceptors (Lipinski definition) is 1. The second kappa shape index (κ2) is 24.7. The van der Waals surface area contributed by atoms with Crippen LogP contribution in [0.4, 0.5) is 0 Å². The van der Waals surface area contributed by atoms with Crippen molar-refractivity contribution in [3.63, 3.8) is 0 Å². The Labute approximate surface area is 116 Å². The molecule has 0 saturated carbocycles. The van der Waals surface area contributed by atoms with Crippen LogP contribution in [0, 0.1) is 5.41 Å². The smallest absolute Gasteiger partial charge is 0.0184 e. The molecule has 0 aliphatic heterocycles. The number of allylic oxidation sites excluding steroid dienone is 6. The Morgan fingerprint density at radius 1 is 1.00 bits per heavy atom. The van der Waals surface area contributed by atoms with Gasteiger partial charge in [-0.1, -0.05) is 72.4 Å². The van der Waals surface area contributed by atoms with Crippen LogP contribution in [0.1, 0.15) is 55.4 Å². The average molecular weight is 251 g/mol. The van der Waals surface area contributed by atoms with E-state index in [0.29, 0.717) is 0 Å². The third-order valence-corrected chi connectivity index (χ3v) is 1.55. The summed E-state index contributed by atoms with van der Waals surface area (Å²) in [6.45, 7) is 23.4. The van der Waals surface area contributed by atoms with E-state index in [-0.39, 0.29) is 0 Å². The predicted octanol–water partition coefficient (Wildman–Crippen LogP) is 6.35. The summed E-state index contributed by atoms with van der Waals surface area (Å²) in [7, 11) is 0. The Bertz CT molecular complexity index is 255. The molecular formula is C17H33N. The monoisotopic (exact) mass is 251 g/mol. The second-order valence-electron chi connectivity index (χ2n) is 2.48. The molecule has 0 heterocycles. The summed E-state index contributed by atoms with van der Waals surface area (Å²) >= 11 is 0. The van der Waals surface area contributed by atoms with Gasteiger partial charge in [0.2, 0.25) is 0 Å². The Morgan fingerprint density at radius 2 is 1.39 bits per heavy atom. The maximum Gasteiger partial charge on any atom is 0.0184 e. The summed E-state index contributed by atoms with van der Waals surface area (Å²) in [5.74, 6) is 0. The molecule has 0 atom stereocenters. The van der Waals surface area contributed by atoms with Gasteiger partial charge in [0.05, 0.1) is 0 Å². The highest BCUT2D eigenvalue weighted by molar-refractivity contribution is 5.73. The van der Waals surface area contributed by atoms with Crippen LogP contribution in [0.3, 0.4) is 0 Å². The SMILES string of the molecule is C=CC(=C/C)/C(=C\C=N)C(=C)C.CC.CC.CC. The first-order valence-corrected chi connectivity index (χ1v) is 6.83. The molecule has 0 unspecified atom stereocenters. The maximum atomic E-state index is 6.97. The fourth-order valence-electron chi connectivity index (χ4n) is 0.952. The molecule has 1 heteroatoms. The van der Waals surface area contributed by atoms with Crippen molar-refractivity contribution in [1.82, 2.24) is 0 Å². The standard InChI is InChI=1S/C11H15N.3C2H6/c1-5-10(6-2)11(7-8-12)9(3)4;3*1-2/h5-8,12H,1,3H2,2,4H3;3*1-2H3/b10-6-,11-7-,12-8?;;;. The van der Waals surface area contributed by atoms with Crippen molar-refractivity contribution in [1.29, 1.82) is 5.41 Å². The third-order valence-electron chi connectivity index (χ3n) is 1.55. The molecule has 0 rings (SSSR count). The minimum atomic E-state index is 0.950. The van der Waals surface area contributed by atoms with Gasteiger partial charge in [0.1, 0.15) is 0 Å². The van der Waals surface area contributed by atoms with Crippen LogP contribution in [0.2, 0.25) is 0 Å².